The zero-order valence-corrected chi connectivity index (χ0v) is 16.8. The average Bonchev–Trinajstić information content (AvgIpc) is 2.73. The monoisotopic (exact) mass is 388 g/mol. The van der Waals surface area contributed by atoms with Gasteiger partial charge < -0.3 is 19.7 Å². The number of anilines is 1. The summed E-state index contributed by atoms with van der Waals surface area (Å²) in [7, 11) is 5.75. The Balaban J connectivity index is 1.74. The average molecular weight is 388 g/mol. The molecule has 6 nitrogen and oxygen atoms in total. The summed E-state index contributed by atoms with van der Waals surface area (Å²) in [6.07, 6.45) is 1.77. The fraction of sp³-hybridized carbons (Fsp3) is 0.217. The summed E-state index contributed by atoms with van der Waals surface area (Å²) in [6, 6.07) is 17.6. The minimum Gasteiger partial charge on any atom is -0.497 e. The minimum atomic E-state index is 0.714. The Morgan fingerprint density at radius 1 is 0.897 bits per heavy atom. The molecule has 0 aliphatic rings. The fourth-order valence-corrected chi connectivity index (χ4v) is 3.21. The minimum absolute atomic E-state index is 0.714. The Morgan fingerprint density at radius 2 is 1.72 bits per heavy atom. The van der Waals surface area contributed by atoms with Crippen molar-refractivity contribution in [3.63, 3.8) is 0 Å². The normalized spacial score (nSPS) is 11.2. The molecule has 4 aromatic rings. The number of aromatic nitrogens is 2. The molecule has 0 spiro atoms. The Kier molecular flexibility index (Phi) is 5.44. The van der Waals surface area contributed by atoms with Crippen molar-refractivity contribution in [2.45, 2.75) is 0 Å². The molecular weight excluding hydrogens is 364 g/mol. The Labute approximate surface area is 170 Å². The van der Waals surface area contributed by atoms with Crippen LogP contribution < -0.4 is 14.8 Å². The molecule has 2 aromatic heterocycles. The third-order valence-electron chi connectivity index (χ3n) is 4.67. The van der Waals surface area contributed by atoms with Crippen molar-refractivity contribution in [2.24, 2.45) is 0 Å². The molecule has 4 rings (SSSR count). The zero-order chi connectivity index (χ0) is 20.2. The SMILES string of the molecule is COc1cccc(Oc2ccc3c(NCCN(C)C)nc4ncccc4c3c2)c1. The number of fused-ring (bicyclic) bond motifs is 3. The summed E-state index contributed by atoms with van der Waals surface area (Å²) in [6.45, 7) is 1.72. The van der Waals surface area contributed by atoms with Crippen molar-refractivity contribution in [1.29, 1.82) is 0 Å². The molecule has 0 fully saturated rings. The van der Waals surface area contributed by atoms with E-state index in [0.29, 0.717) is 5.65 Å². The van der Waals surface area contributed by atoms with E-state index in [1.165, 1.54) is 0 Å². The second-order valence-electron chi connectivity index (χ2n) is 7.05. The van der Waals surface area contributed by atoms with Crippen LogP contribution in [0.4, 0.5) is 5.82 Å². The molecule has 0 unspecified atom stereocenters. The number of ether oxygens (including phenoxy) is 2. The topological polar surface area (TPSA) is 59.5 Å². The van der Waals surface area contributed by atoms with Gasteiger partial charge >= 0.3 is 0 Å². The van der Waals surface area contributed by atoms with Gasteiger partial charge in [0, 0.05) is 41.5 Å². The summed E-state index contributed by atoms with van der Waals surface area (Å²) in [5, 5.41) is 6.54. The largest absolute Gasteiger partial charge is 0.497 e. The van der Waals surface area contributed by atoms with E-state index in [2.05, 4.69) is 29.3 Å². The maximum Gasteiger partial charge on any atom is 0.162 e. The number of hydrogen-bond acceptors (Lipinski definition) is 6. The van der Waals surface area contributed by atoms with Crippen molar-refractivity contribution in [1.82, 2.24) is 14.9 Å². The van der Waals surface area contributed by atoms with Gasteiger partial charge in [0.05, 0.1) is 7.11 Å². The zero-order valence-electron chi connectivity index (χ0n) is 16.8. The number of hydrogen-bond donors (Lipinski definition) is 1. The van der Waals surface area contributed by atoms with E-state index in [1.807, 2.05) is 54.6 Å². The predicted octanol–water partition coefficient (Wildman–Crippen LogP) is 4.56. The predicted molar refractivity (Wildman–Crippen MR) is 117 cm³/mol. The van der Waals surface area contributed by atoms with Crippen LogP contribution in [0.1, 0.15) is 0 Å². The molecular formula is C23H24N4O2. The van der Waals surface area contributed by atoms with Crippen LogP contribution in [0.25, 0.3) is 21.8 Å². The lowest BCUT2D eigenvalue weighted by Crippen LogP contribution is -2.21. The van der Waals surface area contributed by atoms with Crippen molar-refractivity contribution in [3.05, 3.63) is 60.8 Å². The molecule has 0 bridgehead atoms. The van der Waals surface area contributed by atoms with Crippen LogP contribution in [0.3, 0.4) is 0 Å². The van der Waals surface area contributed by atoms with Gasteiger partial charge in [-0.1, -0.05) is 6.07 Å². The van der Waals surface area contributed by atoms with Gasteiger partial charge in [0.25, 0.3) is 0 Å². The molecule has 1 N–H and O–H groups in total. The van der Waals surface area contributed by atoms with Crippen LogP contribution in [0.2, 0.25) is 0 Å². The van der Waals surface area contributed by atoms with Crippen molar-refractivity contribution in [2.75, 3.05) is 39.6 Å². The highest BCUT2D eigenvalue weighted by Gasteiger charge is 2.11. The number of likely N-dealkylation sites (N-methyl/N-ethyl adjacent to an activating group) is 1. The first-order valence-corrected chi connectivity index (χ1v) is 9.53. The standard InChI is InChI=1S/C23H24N4O2/c1-27(2)13-12-25-23-20-10-9-18(29-17-7-4-6-16(14-17)28-3)15-21(20)19-8-5-11-24-22(19)26-23/h4-11,14-15H,12-13H2,1-3H3,(H,24,25,26). The molecule has 0 atom stereocenters. The summed E-state index contributed by atoms with van der Waals surface area (Å²) >= 11 is 0. The second-order valence-corrected chi connectivity index (χ2v) is 7.05. The first-order chi connectivity index (χ1) is 14.1. The first-order valence-electron chi connectivity index (χ1n) is 9.53. The molecule has 0 amide bonds. The molecule has 148 valence electrons. The second kappa shape index (κ2) is 8.32. The van der Waals surface area contributed by atoms with E-state index in [-0.39, 0.29) is 0 Å². The highest BCUT2D eigenvalue weighted by Crippen LogP contribution is 2.33. The molecule has 0 aliphatic carbocycles. The smallest absolute Gasteiger partial charge is 0.162 e. The van der Waals surface area contributed by atoms with Gasteiger partial charge in [-0.05, 0) is 56.6 Å². The van der Waals surface area contributed by atoms with Crippen LogP contribution >= 0.6 is 0 Å². The van der Waals surface area contributed by atoms with Crippen LogP contribution in [-0.4, -0.2) is 49.2 Å². The Bertz CT molecular complexity index is 1140. The highest BCUT2D eigenvalue weighted by molar-refractivity contribution is 6.09. The van der Waals surface area contributed by atoms with Crippen LogP contribution in [-0.2, 0) is 0 Å². The van der Waals surface area contributed by atoms with Gasteiger partial charge in [-0.2, -0.15) is 0 Å². The van der Waals surface area contributed by atoms with Gasteiger partial charge in [0.1, 0.15) is 23.1 Å². The number of methoxy groups -OCH3 is 1. The van der Waals surface area contributed by atoms with E-state index < -0.39 is 0 Å². The number of pyridine rings is 2. The number of nitrogens with one attached hydrogen (secondary N) is 1. The van der Waals surface area contributed by atoms with E-state index in [9.17, 15) is 0 Å². The highest BCUT2D eigenvalue weighted by atomic mass is 16.5. The summed E-state index contributed by atoms with van der Waals surface area (Å²) in [5.74, 6) is 3.07. The summed E-state index contributed by atoms with van der Waals surface area (Å²) < 4.78 is 11.4. The van der Waals surface area contributed by atoms with Crippen LogP contribution in [0.15, 0.2) is 60.8 Å². The molecule has 0 aliphatic heterocycles. The fourth-order valence-electron chi connectivity index (χ4n) is 3.21. The number of nitrogens with zero attached hydrogens (tertiary/aromatic N) is 3. The molecule has 6 heteroatoms. The molecule has 0 saturated carbocycles. The summed E-state index contributed by atoms with van der Waals surface area (Å²) in [5.41, 5.74) is 0.714. The quantitative estimate of drug-likeness (QED) is 0.469. The first kappa shape index (κ1) is 19.0. The number of rotatable bonds is 7. The van der Waals surface area contributed by atoms with Crippen molar-refractivity contribution in [3.8, 4) is 17.2 Å². The molecule has 29 heavy (non-hydrogen) atoms. The molecule has 2 aromatic carbocycles. The van der Waals surface area contributed by atoms with E-state index in [4.69, 9.17) is 14.5 Å². The van der Waals surface area contributed by atoms with Gasteiger partial charge in [0.2, 0.25) is 0 Å². The van der Waals surface area contributed by atoms with Gasteiger partial charge in [-0.25, -0.2) is 9.97 Å². The molecule has 0 saturated heterocycles. The molecule has 2 heterocycles. The van der Waals surface area contributed by atoms with Crippen LogP contribution in [0.5, 0.6) is 17.2 Å². The summed E-state index contributed by atoms with van der Waals surface area (Å²) in [4.78, 5) is 11.3. The van der Waals surface area contributed by atoms with Crippen molar-refractivity contribution >= 4 is 27.6 Å². The maximum absolute atomic E-state index is 6.08. The maximum atomic E-state index is 6.08. The van der Waals surface area contributed by atoms with Gasteiger partial charge in [0.15, 0.2) is 5.65 Å². The van der Waals surface area contributed by atoms with E-state index in [1.54, 1.807) is 13.3 Å². The lowest BCUT2D eigenvalue weighted by molar-refractivity contribution is 0.409. The lowest BCUT2D eigenvalue weighted by atomic mass is 10.1. The van der Waals surface area contributed by atoms with E-state index >= 15 is 0 Å². The third kappa shape index (κ3) is 4.22. The lowest BCUT2D eigenvalue weighted by Gasteiger charge is -2.14. The van der Waals surface area contributed by atoms with E-state index in [0.717, 1.165) is 52.3 Å². The number of benzene rings is 2. The van der Waals surface area contributed by atoms with Gasteiger partial charge in [-0.3, -0.25) is 0 Å². The van der Waals surface area contributed by atoms with Crippen LogP contribution in [0, 0.1) is 0 Å². The van der Waals surface area contributed by atoms with Gasteiger partial charge in [-0.15, -0.1) is 0 Å². The third-order valence-corrected chi connectivity index (χ3v) is 4.67. The Morgan fingerprint density at radius 3 is 2.55 bits per heavy atom. The van der Waals surface area contributed by atoms with Crippen molar-refractivity contribution < 1.29 is 9.47 Å². The Hall–Kier alpha value is -3.38. The molecule has 0 radical (unpaired) electrons.